The SMILES string of the molecule is CCCc1nc(N)c(C)c(-c2ccccc2Cl)n1. The molecule has 1 aromatic carbocycles. The van der Waals surface area contributed by atoms with E-state index < -0.39 is 0 Å². The van der Waals surface area contributed by atoms with E-state index in [1.54, 1.807) is 0 Å². The molecule has 94 valence electrons. The number of hydrogen-bond acceptors (Lipinski definition) is 3. The molecule has 0 saturated carbocycles. The van der Waals surface area contributed by atoms with Gasteiger partial charge in [-0.25, -0.2) is 9.97 Å². The number of nitrogens with zero attached hydrogens (tertiary/aromatic N) is 2. The van der Waals surface area contributed by atoms with Crippen molar-refractivity contribution in [3.8, 4) is 11.3 Å². The lowest BCUT2D eigenvalue weighted by atomic mass is 10.1. The maximum Gasteiger partial charge on any atom is 0.131 e. The summed E-state index contributed by atoms with van der Waals surface area (Å²) in [5, 5.41) is 0.682. The highest BCUT2D eigenvalue weighted by atomic mass is 35.5. The van der Waals surface area contributed by atoms with Gasteiger partial charge in [0.2, 0.25) is 0 Å². The Morgan fingerprint density at radius 1 is 1.22 bits per heavy atom. The Morgan fingerprint density at radius 2 is 1.94 bits per heavy atom. The summed E-state index contributed by atoms with van der Waals surface area (Å²) in [6, 6.07) is 7.65. The minimum atomic E-state index is 0.531. The van der Waals surface area contributed by atoms with Gasteiger partial charge in [0.15, 0.2) is 0 Å². The zero-order valence-corrected chi connectivity index (χ0v) is 11.3. The van der Waals surface area contributed by atoms with E-state index in [9.17, 15) is 0 Å². The van der Waals surface area contributed by atoms with Crippen LogP contribution in [-0.2, 0) is 6.42 Å². The number of aromatic nitrogens is 2. The standard InChI is InChI=1S/C14H16ClN3/c1-3-6-12-17-13(9(2)14(16)18-12)10-7-4-5-8-11(10)15/h4-5,7-8H,3,6H2,1-2H3,(H2,16,17,18). The normalized spacial score (nSPS) is 10.6. The van der Waals surface area contributed by atoms with Crippen molar-refractivity contribution in [1.82, 2.24) is 9.97 Å². The van der Waals surface area contributed by atoms with Crippen molar-refractivity contribution in [1.29, 1.82) is 0 Å². The Kier molecular flexibility index (Phi) is 3.82. The van der Waals surface area contributed by atoms with Crippen molar-refractivity contribution >= 4 is 17.4 Å². The Hall–Kier alpha value is -1.61. The number of hydrogen-bond donors (Lipinski definition) is 1. The molecule has 0 saturated heterocycles. The lowest BCUT2D eigenvalue weighted by molar-refractivity contribution is 0.836. The molecule has 2 N–H and O–H groups in total. The third kappa shape index (κ3) is 2.46. The molecular formula is C14H16ClN3. The Bertz CT molecular complexity index is 567. The number of aryl methyl sites for hydroxylation is 1. The van der Waals surface area contributed by atoms with Crippen LogP contribution in [-0.4, -0.2) is 9.97 Å². The second-order valence-electron chi connectivity index (χ2n) is 4.23. The van der Waals surface area contributed by atoms with Gasteiger partial charge in [-0.2, -0.15) is 0 Å². The molecule has 0 unspecified atom stereocenters. The van der Waals surface area contributed by atoms with Crippen molar-refractivity contribution in [3.05, 3.63) is 40.7 Å². The molecule has 0 fully saturated rings. The van der Waals surface area contributed by atoms with Crippen molar-refractivity contribution < 1.29 is 0 Å². The number of nitrogen functional groups attached to an aromatic ring is 1. The van der Waals surface area contributed by atoms with Crippen LogP contribution in [0.1, 0.15) is 24.7 Å². The van der Waals surface area contributed by atoms with Gasteiger partial charge < -0.3 is 5.73 Å². The molecule has 0 aliphatic rings. The summed E-state index contributed by atoms with van der Waals surface area (Å²) in [4.78, 5) is 8.88. The number of benzene rings is 1. The summed E-state index contributed by atoms with van der Waals surface area (Å²) in [5.74, 6) is 1.30. The summed E-state index contributed by atoms with van der Waals surface area (Å²) in [6.45, 7) is 4.01. The zero-order chi connectivity index (χ0) is 13.1. The van der Waals surface area contributed by atoms with E-state index in [1.165, 1.54) is 0 Å². The first-order valence-corrected chi connectivity index (χ1v) is 6.39. The topological polar surface area (TPSA) is 51.8 Å². The molecule has 0 radical (unpaired) electrons. The number of nitrogens with two attached hydrogens (primary N) is 1. The van der Waals surface area contributed by atoms with Crippen molar-refractivity contribution in [2.75, 3.05) is 5.73 Å². The zero-order valence-electron chi connectivity index (χ0n) is 10.6. The molecule has 1 heterocycles. The quantitative estimate of drug-likeness (QED) is 0.918. The highest BCUT2D eigenvalue weighted by molar-refractivity contribution is 6.33. The lowest BCUT2D eigenvalue weighted by Gasteiger charge is -2.11. The Morgan fingerprint density at radius 3 is 2.61 bits per heavy atom. The molecule has 2 aromatic rings. The van der Waals surface area contributed by atoms with E-state index in [-0.39, 0.29) is 0 Å². The van der Waals surface area contributed by atoms with Crippen molar-refractivity contribution in [2.24, 2.45) is 0 Å². The summed E-state index contributed by atoms with van der Waals surface area (Å²) in [6.07, 6.45) is 1.81. The first-order chi connectivity index (χ1) is 8.63. The minimum Gasteiger partial charge on any atom is -0.383 e. The molecule has 0 spiro atoms. The van der Waals surface area contributed by atoms with Gasteiger partial charge in [-0.15, -0.1) is 0 Å². The van der Waals surface area contributed by atoms with Gasteiger partial charge in [-0.3, -0.25) is 0 Å². The van der Waals surface area contributed by atoms with Gasteiger partial charge in [0.1, 0.15) is 11.6 Å². The third-order valence-corrected chi connectivity index (χ3v) is 3.16. The predicted molar refractivity (Wildman–Crippen MR) is 75.6 cm³/mol. The lowest BCUT2D eigenvalue weighted by Crippen LogP contribution is -2.05. The maximum absolute atomic E-state index is 6.21. The number of anilines is 1. The molecule has 18 heavy (non-hydrogen) atoms. The Labute approximate surface area is 112 Å². The molecule has 0 aliphatic heterocycles. The average molecular weight is 262 g/mol. The molecule has 0 aliphatic carbocycles. The molecule has 1 aromatic heterocycles. The summed E-state index contributed by atoms with van der Waals surface area (Å²) in [7, 11) is 0. The highest BCUT2D eigenvalue weighted by Crippen LogP contribution is 2.30. The molecule has 3 nitrogen and oxygen atoms in total. The highest BCUT2D eigenvalue weighted by Gasteiger charge is 2.12. The summed E-state index contributed by atoms with van der Waals surface area (Å²) in [5.41, 5.74) is 8.56. The second kappa shape index (κ2) is 5.36. The van der Waals surface area contributed by atoms with Gasteiger partial charge in [0.05, 0.1) is 5.69 Å². The van der Waals surface area contributed by atoms with Gasteiger partial charge in [0, 0.05) is 22.6 Å². The molecule has 4 heteroatoms. The van der Waals surface area contributed by atoms with Gasteiger partial charge in [-0.1, -0.05) is 36.7 Å². The molecule has 2 rings (SSSR count). The number of rotatable bonds is 3. The van der Waals surface area contributed by atoms with E-state index in [1.807, 2.05) is 31.2 Å². The second-order valence-corrected chi connectivity index (χ2v) is 4.64. The Balaban J connectivity index is 2.59. The van der Waals surface area contributed by atoms with Crippen LogP contribution in [0.3, 0.4) is 0 Å². The molecule has 0 amide bonds. The smallest absolute Gasteiger partial charge is 0.131 e. The first kappa shape index (κ1) is 12.8. The molecule has 0 bridgehead atoms. The van der Waals surface area contributed by atoms with Gasteiger partial charge in [0.25, 0.3) is 0 Å². The van der Waals surface area contributed by atoms with Crippen molar-refractivity contribution in [2.45, 2.75) is 26.7 Å². The van der Waals surface area contributed by atoms with Gasteiger partial charge >= 0.3 is 0 Å². The maximum atomic E-state index is 6.21. The monoisotopic (exact) mass is 261 g/mol. The van der Waals surface area contributed by atoms with Crippen LogP contribution in [0.25, 0.3) is 11.3 Å². The molecule has 0 atom stereocenters. The largest absolute Gasteiger partial charge is 0.383 e. The minimum absolute atomic E-state index is 0.531. The van der Waals surface area contributed by atoms with Crippen LogP contribution in [0.2, 0.25) is 5.02 Å². The van der Waals surface area contributed by atoms with E-state index in [4.69, 9.17) is 17.3 Å². The number of halogens is 1. The van der Waals surface area contributed by atoms with E-state index in [2.05, 4.69) is 16.9 Å². The summed E-state index contributed by atoms with van der Waals surface area (Å²) < 4.78 is 0. The third-order valence-electron chi connectivity index (χ3n) is 2.83. The van der Waals surface area contributed by atoms with Crippen LogP contribution in [0.15, 0.2) is 24.3 Å². The van der Waals surface area contributed by atoms with E-state index in [0.717, 1.165) is 35.5 Å². The fraction of sp³-hybridized carbons (Fsp3) is 0.286. The van der Waals surface area contributed by atoms with Crippen LogP contribution in [0.5, 0.6) is 0 Å². The molecular weight excluding hydrogens is 246 g/mol. The first-order valence-electron chi connectivity index (χ1n) is 6.01. The van der Waals surface area contributed by atoms with Crippen molar-refractivity contribution in [3.63, 3.8) is 0 Å². The van der Waals surface area contributed by atoms with Crippen LogP contribution < -0.4 is 5.73 Å². The van der Waals surface area contributed by atoms with E-state index >= 15 is 0 Å². The van der Waals surface area contributed by atoms with Crippen LogP contribution in [0, 0.1) is 6.92 Å². The summed E-state index contributed by atoms with van der Waals surface area (Å²) >= 11 is 6.21. The van der Waals surface area contributed by atoms with Crippen LogP contribution in [0.4, 0.5) is 5.82 Å². The fourth-order valence-electron chi connectivity index (χ4n) is 1.83. The van der Waals surface area contributed by atoms with E-state index in [0.29, 0.717) is 10.8 Å². The predicted octanol–water partition coefficient (Wildman–Crippen LogP) is 3.64. The average Bonchev–Trinajstić information content (AvgIpc) is 2.35. The fourth-order valence-corrected chi connectivity index (χ4v) is 2.06. The van der Waals surface area contributed by atoms with Gasteiger partial charge in [-0.05, 0) is 19.4 Å². The van der Waals surface area contributed by atoms with Crippen LogP contribution >= 0.6 is 11.6 Å².